The predicted molar refractivity (Wildman–Crippen MR) is 72.7 cm³/mol. The molecule has 0 aromatic heterocycles. The molecule has 0 saturated heterocycles. The summed E-state index contributed by atoms with van der Waals surface area (Å²) in [6.07, 6.45) is 3.96. The zero-order chi connectivity index (χ0) is 13.7. The van der Waals surface area contributed by atoms with Crippen molar-refractivity contribution in [1.29, 1.82) is 0 Å². The van der Waals surface area contributed by atoms with Crippen molar-refractivity contribution in [3.8, 4) is 0 Å². The van der Waals surface area contributed by atoms with Crippen molar-refractivity contribution in [2.75, 3.05) is 0 Å². The van der Waals surface area contributed by atoms with E-state index in [0.29, 0.717) is 12.3 Å². The van der Waals surface area contributed by atoms with E-state index in [2.05, 4.69) is 10.5 Å². The first-order chi connectivity index (χ1) is 9.20. The van der Waals surface area contributed by atoms with Gasteiger partial charge in [0.05, 0.1) is 0 Å². The van der Waals surface area contributed by atoms with Gasteiger partial charge < -0.3 is 16.3 Å². The van der Waals surface area contributed by atoms with Crippen LogP contribution in [0.15, 0.2) is 35.5 Å². The number of rotatable bonds is 5. The number of amides is 1. The maximum atomic E-state index is 11.9. The van der Waals surface area contributed by atoms with Gasteiger partial charge in [-0.1, -0.05) is 41.9 Å². The summed E-state index contributed by atoms with van der Waals surface area (Å²) in [4.78, 5) is 11.9. The Hall–Kier alpha value is -2.04. The molecule has 19 heavy (non-hydrogen) atoms. The SMILES string of the molecule is N/C(=N/O)C(NC(=O)CC1CCC1)c1ccccc1. The molecule has 1 aliphatic carbocycles. The fourth-order valence-corrected chi connectivity index (χ4v) is 2.21. The number of amidine groups is 1. The molecule has 5 nitrogen and oxygen atoms in total. The summed E-state index contributed by atoms with van der Waals surface area (Å²) in [6, 6.07) is 8.69. The molecule has 1 aliphatic rings. The van der Waals surface area contributed by atoms with Gasteiger partial charge in [0, 0.05) is 6.42 Å². The maximum absolute atomic E-state index is 11.9. The van der Waals surface area contributed by atoms with E-state index in [-0.39, 0.29) is 11.7 Å². The lowest BCUT2D eigenvalue weighted by molar-refractivity contribution is -0.122. The molecule has 1 aromatic carbocycles. The first kappa shape index (κ1) is 13.4. The number of carbonyl (C=O) groups excluding carboxylic acids is 1. The Morgan fingerprint density at radius 2 is 2.11 bits per heavy atom. The Bertz CT molecular complexity index is 455. The lowest BCUT2D eigenvalue weighted by Gasteiger charge is -2.26. The third-order valence-electron chi connectivity index (χ3n) is 3.55. The van der Waals surface area contributed by atoms with Crippen molar-refractivity contribution in [3.05, 3.63) is 35.9 Å². The minimum Gasteiger partial charge on any atom is -0.409 e. The highest BCUT2D eigenvalue weighted by molar-refractivity contribution is 5.90. The molecule has 1 fully saturated rings. The van der Waals surface area contributed by atoms with Gasteiger partial charge in [0.15, 0.2) is 5.84 Å². The molecular formula is C14H19N3O2. The van der Waals surface area contributed by atoms with Crippen LogP contribution in [0, 0.1) is 5.92 Å². The minimum absolute atomic E-state index is 0.00633. The normalized spacial score (nSPS) is 17.6. The monoisotopic (exact) mass is 261 g/mol. The fourth-order valence-electron chi connectivity index (χ4n) is 2.21. The van der Waals surface area contributed by atoms with Gasteiger partial charge in [-0.25, -0.2) is 0 Å². The van der Waals surface area contributed by atoms with Crippen molar-refractivity contribution in [3.63, 3.8) is 0 Å². The number of oxime groups is 1. The molecule has 1 atom stereocenters. The molecule has 0 heterocycles. The average Bonchev–Trinajstić information content (AvgIpc) is 2.40. The van der Waals surface area contributed by atoms with Crippen LogP contribution in [0.5, 0.6) is 0 Å². The largest absolute Gasteiger partial charge is 0.409 e. The third kappa shape index (κ3) is 3.47. The van der Waals surface area contributed by atoms with E-state index in [1.165, 1.54) is 6.42 Å². The van der Waals surface area contributed by atoms with Gasteiger partial charge >= 0.3 is 0 Å². The number of hydrogen-bond acceptors (Lipinski definition) is 3. The van der Waals surface area contributed by atoms with E-state index in [9.17, 15) is 4.79 Å². The van der Waals surface area contributed by atoms with E-state index in [1.807, 2.05) is 30.3 Å². The van der Waals surface area contributed by atoms with Crippen LogP contribution in [-0.4, -0.2) is 17.0 Å². The molecule has 2 rings (SSSR count). The zero-order valence-electron chi connectivity index (χ0n) is 10.7. The number of nitrogens with one attached hydrogen (secondary N) is 1. The smallest absolute Gasteiger partial charge is 0.221 e. The van der Waals surface area contributed by atoms with Gasteiger partial charge in [0.25, 0.3) is 0 Å². The first-order valence-corrected chi connectivity index (χ1v) is 6.52. The van der Waals surface area contributed by atoms with Crippen LogP contribution in [0.1, 0.15) is 37.3 Å². The highest BCUT2D eigenvalue weighted by Crippen LogP contribution is 2.29. The highest BCUT2D eigenvalue weighted by Gasteiger charge is 2.24. The van der Waals surface area contributed by atoms with E-state index in [4.69, 9.17) is 10.9 Å². The fraction of sp³-hybridized carbons (Fsp3) is 0.429. The van der Waals surface area contributed by atoms with Gasteiger partial charge in [-0.05, 0) is 24.3 Å². The van der Waals surface area contributed by atoms with Crippen LogP contribution in [0.4, 0.5) is 0 Å². The van der Waals surface area contributed by atoms with Gasteiger partial charge in [0.1, 0.15) is 6.04 Å². The molecule has 4 N–H and O–H groups in total. The maximum Gasteiger partial charge on any atom is 0.221 e. The molecule has 102 valence electrons. The van der Waals surface area contributed by atoms with Crippen molar-refractivity contribution in [1.82, 2.24) is 5.32 Å². The molecule has 1 amide bonds. The zero-order valence-corrected chi connectivity index (χ0v) is 10.7. The van der Waals surface area contributed by atoms with Gasteiger partial charge in [-0.2, -0.15) is 0 Å². The van der Waals surface area contributed by atoms with Crippen molar-refractivity contribution >= 4 is 11.7 Å². The van der Waals surface area contributed by atoms with Crippen molar-refractivity contribution < 1.29 is 10.0 Å². The topological polar surface area (TPSA) is 87.7 Å². The highest BCUT2D eigenvalue weighted by atomic mass is 16.4. The summed E-state index contributed by atoms with van der Waals surface area (Å²) in [5, 5.41) is 14.7. The van der Waals surface area contributed by atoms with Gasteiger partial charge in [-0.3, -0.25) is 4.79 Å². The van der Waals surface area contributed by atoms with Crippen LogP contribution < -0.4 is 11.1 Å². The van der Waals surface area contributed by atoms with Gasteiger partial charge in [0.2, 0.25) is 5.91 Å². The van der Waals surface area contributed by atoms with E-state index in [0.717, 1.165) is 18.4 Å². The summed E-state index contributed by atoms with van der Waals surface area (Å²) in [5.74, 6) is 0.432. The molecule has 0 aliphatic heterocycles. The van der Waals surface area contributed by atoms with Crippen LogP contribution in [-0.2, 0) is 4.79 Å². The summed E-state index contributed by atoms with van der Waals surface area (Å²) in [7, 11) is 0. The summed E-state index contributed by atoms with van der Waals surface area (Å²) in [6.45, 7) is 0. The Kier molecular flexibility index (Phi) is 4.39. The van der Waals surface area contributed by atoms with Crippen LogP contribution >= 0.6 is 0 Å². The molecule has 0 spiro atoms. The molecular weight excluding hydrogens is 242 g/mol. The molecule has 5 heteroatoms. The summed E-state index contributed by atoms with van der Waals surface area (Å²) < 4.78 is 0. The lowest BCUT2D eigenvalue weighted by atomic mass is 9.83. The second kappa shape index (κ2) is 6.22. The van der Waals surface area contributed by atoms with E-state index in [1.54, 1.807) is 0 Å². The molecule has 0 bridgehead atoms. The molecule has 0 radical (unpaired) electrons. The van der Waals surface area contributed by atoms with Crippen LogP contribution in [0.25, 0.3) is 0 Å². The minimum atomic E-state index is -0.571. The van der Waals surface area contributed by atoms with Crippen molar-refractivity contribution in [2.24, 2.45) is 16.8 Å². The first-order valence-electron chi connectivity index (χ1n) is 6.52. The Morgan fingerprint density at radius 1 is 1.42 bits per heavy atom. The number of carbonyl (C=O) groups is 1. The average molecular weight is 261 g/mol. The Balaban J connectivity index is 2.03. The number of hydrogen-bond donors (Lipinski definition) is 3. The number of nitrogens with zero attached hydrogens (tertiary/aromatic N) is 1. The standard InChI is InChI=1S/C14H19N3O2/c15-14(17-19)13(11-7-2-1-3-8-11)16-12(18)9-10-5-4-6-10/h1-3,7-8,10,13,19H,4-6,9H2,(H2,15,17)(H,16,18). The van der Waals surface area contributed by atoms with Crippen molar-refractivity contribution in [2.45, 2.75) is 31.7 Å². The summed E-state index contributed by atoms with van der Waals surface area (Å²) in [5.41, 5.74) is 6.47. The quantitative estimate of drug-likeness (QED) is 0.327. The second-order valence-electron chi connectivity index (χ2n) is 4.94. The predicted octanol–water partition coefficient (Wildman–Crippen LogP) is 1.78. The Morgan fingerprint density at radius 3 is 2.63 bits per heavy atom. The van der Waals surface area contributed by atoms with E-state index >= 15 is 0 Å². The van der Waals surface area contributed by atoms with Gasteiger partial charge in [-0.15, -0.1) is 0 Å². The van der Waals surface area contributed by atoms with Crippen LogP contribution in [0.3, 0.4) is 0 Å². The summed E-state index contributed by atoms with van der Waals surface area (Å²) >= 11 is 0. The Labute approximate surface area is 112 Å². The molecule has 1 unspecified atom stereocenters. The van der Waals surface area contributed by atoms with Crippen LogP contribution in [0.2, 0.25) is 0 Å². The molecule has 1 saturated carbocycles. The number of benzene rings is 1. The molecule has 1 aromatic rings. The third-order valence-corrected chi connectivity index (χ3v) is 3.55. The van der Waals surface area contributed by atoms with E-state index < -0.39 is 6.04 Å². The second-order valence-corrected chi connectivity index (χ2v) is 4.94. The lowest BCUT2D eigenvalue weighted by Crippen LogP contribution is -2.38. The number of nitrogens with two attached hydrogens (primary N) is 1.